The number of amides is 1. The van der Waals surface area contributed by atoms with E-state index < -0.39 is 211 Å². The monoisotopic (exact) mass is 1020 g/mol. The van der Waals surface area contributed by atoms with Crippen molar-refractivity contribution in [3.63, 3.8) is 0 Å². The molecule has 0 saturated carbocycles. The maximum atomic E-state index is 12.8. The molecule has 5 fully saturated rings. The minimum absolute atomic E-state index is 0.736. The number of ether oxygens (including phenoxy) is 9. The predicted molar refractivity (Wildman–Crippen MR) is 218 cm³/mol. The summed E-state index contributed by atoms with van der Waals surface area (Å²) < 4.78 is 58.1. The molecule has 5 heterocycles. The Labute approximate surface area is 386 Å². The molecule has 5 aliphatic rings. The summed E-state index contributed by atoms with van der Waals surface area (Å²) in [7, 11) is 1.03. The van der Waals surface area contributed by atoms with E-state index in [1.54, 1.807) is 6.66 Å². The number of rotatable bonds is 18. The highest BCUT2D eigenvalue weighted by Gasteiger charge is 2.58. The molecule has 11 unspecified atom stereocenters. The highest BCUT2D eigenvalue weighted by molar-refractivity contribution is 8.10. The molecule has 28 atom stereocenters. The number of carboxylic acids is 1. The van der Waals surface area contributed by atoms with Gasteiger partial charge in [-0.15, -0.1) is 0 Å². The summed E-state index contributed by atoms with van der Waals surface area (Å²) in [4.78, 5) is 25.4. The highest BCUT2D eigenvalue weighted by Crippen LogP contribution is 2.45. The van der Waals surface area contributed by atoms with E-state index in [0.717, 1.165) is 6.92 Å². The zero-order valence-electron chi connectivity index (χ0n) is 36.6. The SMILES string of the molecule is CC(=O)N[C@@H]1C(O[C@H]2C(OP(C)P)OC(CO)[C@@H](O)[C@@H]2O)OC(CO)[C@@H](OC2OC(CO[C@]3(C(=O)O)C[C@@H](O)[C@@H](C)C([C@H](O)[C@H](O)CO)O3)[C@H](O)[C@H](O)[C@@H]2O[C@@H]2OC(C)[C@@H](O)[C@H](O)C2O)[C@@H]1O. The van der Waals surface area contributed by atoms with Gasteiger partial charge in [0.05, 0.1) is 44.7 Å². The molecule has 30 heteroatoms. The van der Waals surface area contributed by atoms with Crippen LogP contribution in [0.4, 0.5) is 0 Å². The van der Waals surface area contributed by atoms with Gasteiger partial charge in [-0.1, -0.05) is 15.9 Å². The molecule has 28 nitrogen and oxygen atoms in total. The van der Waals surface area contributed by atoms with Gasteiger partial charge in [0, 0.05) is 27.1 Å². The molecule has 5 aliphatic heterocycles. The van der Waals surface area contributed by atoms with E-state index >= 15 is 0 Å². The van der Waals surface area contributed by atoms with Crippen molar-refractivity contribution in [1.29, 1.82) is 0 Å². The molecule has 0 spiro atoms. The van der Waals surface area contributed by atoms with Crippen molar-refractivity contribution in [2.24, 2.45) is 5.92 Å². The van der Waals surface area contributed by atoms with E-state index in [-0.39, 0.29) is 0 Å². The molecular formula is C37H65NO27P2. The summed E-state index contributed by atoms with van der Waals surface area (Å²) in [5.74, 6) is -6.52. The standard InChI is InChI=1S/C37H65NO27P2/c1-10-13(43)5-37(36(54)55,64-28(10)20(46)14(44)6-39)56-9-17-22(48)26(52)30(63-33-27(53)24(50)19(45)11(2)57-33)34(60-17)61-29-16(8-41)59-32(18(23(29)49)38-12(3)42)62-31-25(51)21(47)15(7-40)58-35(31)65-67(4)66/h10-11,13-35,39-41,43-53H,5-9,66H2,1-4H3,(H,38,42)(H,54,55)/t10-,11?,13-,14-,15?,16?,17?,18+,19-,20-,21-,22+,23-,24+,25+,26+,27?,28?,29-,30+,31-,32?,33+,34?,35?,37-,67?/m1/s1. The molecular weight excluding hydrogens is 952 g/mol. The van der Waals surface area contributed by atoms with Gasteiger partial charge in [-0.05, 0) is 13.6 Å². The Hall–Kier alpha value is -1.16. The van der Waals surface area contributed by atoms with Crippen molar-refractivity contribution in [2.75, 3.05) is 33.1 Å². The second-order valence-electron chi connectivity index (χ2n) is 17.1. The molecule has 0 aromatic carbocycles. The van der Waals surface area contributed by atoms with Gasteiger partial charge in [0.15, 0.2) is 25.2 Å². The average molecular weight is 1020 g/mol. The third kappa shape index (κ3) is 12.5. The van der Waals surface area contributed by atoms with Gasteiger partial charge in [-0.3, -0.25) is 4.79 Å². The zero-order valence-corrected chi connectivity index (χ0v) is 38.7. The van der Waals surface area contributed by atoms with Gasteiger partial charge in [0.25, 0.3) is 5.79 Å². The molecule has 5 rings (SSSR count). The summed E-state index contributed by atoms with van der Waals surface area (Å²) in [6.07, 6.45) is -42.2. The van der Waals surface area contributed by atoms with Crippen LogP contribution in [-0.4, -0.2) is 275 Å². The first-order valence-electron chi connectivity index (χ1n) is 21.3. The number of nitrogens with one attached hydrogen (secondary N) is 1. The third-order valence-corrected chi connectivity index (χ3v) is 13.2. The Morgan fingerprint density at radius 2 is 1.27 bits per heavy atom. The van der Waals surface area contributed by atoms with Crippen LogP contribution in [0.1, 0.15) is 27.2 Å². The second-order valence-corrected chi connectivity index (χ2v) is 20.6. The van der Waals surface area contributed by atoms with Gasteiger partial charge >= 0.3 is 5.97 Å². The van der Waals surface area contributed by atoms with Crippen molar-refractivity contribution in [2.45, 2.75) is 180 Å². The molecule has 16 N–H and O–H groups in total. The van der Waals surface area contributed by atoms with E-state index in [0.29, 0.717) is 0 Å². The maximum absolute atomic E-state index is 12.8. The van der Waals surface area contributed by atoms with E-state index in [2.05, 4.69) is 14.2 Å². The summed E-state index contributed by atoms with van der Waals surface area (Å²) in [6.45, 7) is 1.58. The van der Waals surface area contributed by atoms with Gasteiger partial charge in [0.1, 0.15) is 104 Å². The van der Waals surface area contributed by atoms with Crippen LogP contribution in [0, 0.1) is 5.92 Å². The van der Waals surface area contributed by atoms with Crippen LogP contribution in [0.15, 0.2) is 0 Å². The molecule has 390 valence electrons. The Morgan fingerprint density at radius 1 is 0.716 bits per heavy atom. The van der Waals surface area contributed by atoms with E-state index in [1.165, 1.54) is 13.8 Å². The fourth-order valence-electron chi connectivity index (χ4n) is 8.35. The molecule has 0 aromatic heterocycles. The van der Waals surface area contributed by atoms with Crippen LogP contribution in [-0.2, 0) is 56.7 Å². The van der Waals surface area contributed by atoms with Gasteiger partial charge < -0.3 is 129 Å². The number of aliphatic hydroxyl groups is 14. The van der Waals surface area contributed by atoms with E-state index in [1.807, 2.05) is 0 Å². The molecule has 0 bridgehead atoms. The Bertz CT molecular complexity index is 1600. The first kappa shape index (κ1) is 56.8. The number of hydrogen-bond acceptors (Lipinski definition) is 26. The molecule has 1 amide bonds. The van der Waals surface area contributed by atoms with Crippen molar-refractivity contribution in [1.82, 2.24) is 5.32 Å². The predicted octanol–water partition coefficient (Wildman–Crippen LogP) is -8.43. The topological polar surface area (TPSA) is 442 Å². The fourth-order valence-corrected chi connectivity index (χ4v) is 9.21. The Kier molecular flexibility index (Phi) is 20.4. The van der Waals surface area contributed by atoms with Crippen LogP contribution < -0.4 is 5.32 Å². The Balaban J connectivity index is 1.46. The lowest BCUT2D eigenvalue weighted by atomic mass is 9.84. The van der Waals surface area contributed by atoms with E-state index in [4.69, 9.17) is 47.2 Å². The van der Waals surface area contributed by atoms with Gasteiger partial charge in [0.2, 0.25) is 5.91 Å². The molecule has 67 heavy (non-hydrogen) atoms. The first-order chi connectivity index (χ1) is 31.4. The number of carboxylic acid groups (broad SMARTS) is 1. The molecule has 0 aliphatic carbocycles. The van der Waals surface area contributed by atoms with Crippen LogP contribution >= 0.6 is 16.8 Å². The van der Waals surface area contributed by atoms with Crippen molar-refractivity contribution in [3.05, 3.63) is 0 Å². The quantitative estimate of drug-likeness (QED) is 0.0567. The number of aliphatic hydroxyl groups excluding tert-OH is 14. The Morgan fingerprint density at radius 3 is 1.84 bits per heavy atom. The van der Waals surface area contributed by atoms with Gasteiger partial charge in [-0.2, -0.15) is 0 Å². The lowest BCUT2D eigenvalue weighted by Crippen LogP contribution is -2.70. The summed E-state index contributed by atoms with van der Waals surface area (Å²) in [6, 6.07) is -1.69. The average Bonchev–Trinajstić information content (AvgIpc) is 3.28. The fraction of sp³-hybridized carbons (Fsp3) is 0.946. The molecule has 0 radical (unpaired) electrons. The molecule has 0 aromatic rings. The minimum Gasteiger partial charge on any atom is -0.477 e. The zero-order chi connectivity index (χ0) is 50.0. The van der Waals surface area contributed by atoms with Crippen LogP contribution in [0.5, 0.6) is 0 Å². The van der Waals surface area contributed by atoms with Crippen molar-refractivity contribution >= 4 is 28.6 Å². The van der Waals surface area contributed by atoms with Crippen LogP contribution in [0.2, 0.25) is 0 Å². The number of carbonyl (C=O) groups is 2. The van der Waals surface area contributed by atoms with E-state index in [9.17, 15) is 86.2 Å². The summed E-state index contributed by atoms with van der Waals surface area (Å²) in [5, 5.41) is 163. The van der Waals surface area contributed by atoms with Crippen LogP contribution in [0.25, 0.3) is 0 Å². The number of hydrogen-bond donors (Lipinski definition) is 16. The summed E-state index contributed by atoms with van der Waals surface area (Å²) >= 11 is 0. The third-order valence-electron chi connectivity index (χ3n) is 12.3. The second kappa shape index (κ2) is 24.0. The lowest BCUT2D eigenvalue weighted by Gasteiger charge is -2.50. The van der Waals surface area contributed by atoms with Crippen LogP contribution in [0.3, 0.4) is 0 Å². The van der Waals surface area contributed by atoms with Crippen molar-refractivity contribution < 1.29 is 133 Å². The largest absolute Gasteiger partial charge is 0.477 e. The normalized spacial score (nSPS) is 47.7. The number of carbonyl (C=O) groups excluding carboxylic acids is 1. The first-order valence-corrected chi connectivity index (χ1v) is 24.6. The smallest absolute Gasteiger partial charge is 0.364 e. The lowest BCUT2D eigenvalue weighted by molar-refractivity contribution is -0.392. The molecule has 5 saturated heterocycles. The maximum Gasteiger partial charge on any atom is 0.364 e. The summed E-state index contributed by atoms with van der Waals surface area (Å²) in [5.41, 5.74) is 0. The highest BCUT2D eigenvalue weighted by atomic mass is 32.0. The minimum atomic E-state index is -2.83. The van der Waals surface area contributed by atoms with Crippen molar-refractivity contribution in [3.8, 4) is 0 Å². The number of aliphatic carboxylic acids is 1. The van der Waals surface area contributed by atoms with Gasteiger partial charge in [-0.25, -0.2) is 4.79 Å².